The van der Waals surface area contributed by atoms with Crippen LogP contribution in [0.3, 0.4) is 0 Å². The molecule has 0 aliphatic carbocycles. The predicted molar refractivity (Wildman–Crippen MR) is 117 cm³/mol. The molecule has 2 aromatic carbocycles. The molecular formula is C23H29N3O4. The van der Waals surface area contributed by atoms with Crippen LogP contribution in [0.1, 0.15) is 42.6 Å². The van der Waals surface area contributed by atoms with Crippen molar-refractivity contribution in [1.29, 1.82) is 0 Å². The van der Waals surface area contributed by atoms with Crippen molar-refractivity contribution in [3.8, 4) is 5.75 Å². The molecule has 0 unspecified atom stereocenters. The number of carbonyl (C=O) groups is 3. The molecule has 0 spiro atoms. The van der Waals surface area contributed by atoms with E-state index in [4.69, 9.17) is 4.74 Å². The predicted octanol–water partition coefficient (Wildman–Crippen LogP) is 2.91. The fourth-order valence-electron chi connectivity index (χ4n) is 2.75. The van der Waals surface area contributed by atoms with Crippen molar-refractivity contribution >= 4 is 23.4 Å². The average Bonchev–Trinajstić information content (AvgIpc) is 2.73. The Morgan fingerprint density at radius 1 is 0.833 bits per heavy atom. The summed E-state index contributed by atoms with van der Waals surface area (Å²) in [7, 11) is 0. The second-order valence-corrected chi connectivity index (χ2v) is 6.74. The summed E-state index contributed by atoms with van der Waals surface area (Å²) in [4.78, 5) is 35.8. The normalized spacial score (nSPS) is 10.2. The second-order valence-electron chi connectivity index (χ2n) is 6.74. The first-order valence-electron chi connectivity index (χ1n) is 10.2. The van der Waals surface area contributed by atoms with Crippen LogP contribution in [0.5, 0.6) is 5.75 Å². The fourth-order valence-corrected chi connectivity index (χ4v) is 2.75. The van der Waals surface area contributed by atoms with Crippen molar-refractivity contribution in [2.45, 2.75) is 33.1 Å². The van der Waals surface area contributed by atoms with Gasteiger partial charge in [0.15, 0.2) is 0 Å². The van der Waals surface area contributed by atoms with E-state index >= 15 is 0 Å². The molecule has 0 fully saturated rings. The average molecular weight is 412 g/mol. The monoisotopic (exact) mass is 411 g/mol. The first kappa shape index (κ1) is 22.9. The van der Waals surface area contributed by atoms with E-state index in [2.05, 4.69) is 16.0 Å². The molecule has 0 aliphatic rings. The van der Waals surface area contributed by atoms with E-state index in [0.717, 1.165) is 17.7 Å². The van der Waals surface area contributed by atoms with Crippen LogP contribution in [0, 0.1) is 0 Å². The van der Waals surface area contributed by atoms with Crippen LogP contribution < -0.4 is 20.7 Å². The largest absolute Gasteiger partial charge is 0.494 e. The zero-order valence-corrected chi connectivity index (χ0v) is 17.5. The third-order valence-corrected chi connectivity index (χ3v) is 4.24. The Kier molecular flexibility index (Phi) is 9.37. The Hall–Kier alpha value is -3.35. The first-order valence-corrected chi connectivity index (χ1v) is 10.2. The summed E-state index contributed by atoms with van der Waals surface area (Å²) in [5.74, 6) is 0.388. The summed E-state index contributed by atoms with van der Waals surface area (Å²) in [6, 6.07) is 14.1. The number of anilines is 1. The summed E-state index contributed by atoms with van der Waals surface area (Å²) in [6.07, 6.45) is 1.52. The molecule has 0 bridgehead atoms. The van der Waals surface area contributed by atoms with Gasteiger partial charge in [0.05, 0.1) is 13.0 Å². The number of ether oxygens (including phenoxy) is 1. The van der Waals surface area contributed by atoms with Crippen molar-refractivity contribution < 1.29 is 19.1 Å². The molecule has 0 radical (unpaired) electrons. The van der Waals surface area contributed by atoms with E-state index in [0.29, 0.717) is 37.4 Å². The van der Waals surface area contributed by atoms with Crippen LogP contribution in [0.4, 0.5) is 5.69 Å². The summed E-state index contributed by atoms with van der Waals surface area (Å²) in [5, 5.41) is 8.33. The van der Waals surface area contributed by atoms with Crippen LogP contribution in [0.15, 0.2) is 48.5 Å². The molecule has 2 rings (SSSR count). The number of hydrogen-bond acceptors (Lipinski definition) is 4. The van der Waals surface area contributed by atoms with E-state index < -0.39 is 0 Å². The molecule has 0 saturated heterocycles. The second kappa shape index (κ2) is 12.3. The lowest BCUT2D eigenvalue weighted by Gasteiger charge is -2.09. The maximum Gasteiger partial charge on any atom is 0.251 e. The van der Waals surface area contributed by atoms with Crippen molar-refractivity contribution in [2.75, 3.05) is 25.0 Å². The van der Waals surface area contributed by atoms with Crippen LogP contribution in [-0.2, 0) is 16.0 Å². The summed E-state index contributed by atoms with van der Waals surface area (Å²) in [5.41, 5.74) is 2.04. The van der Waals surface area contributed by atoms with Crippen LogP contribution in [-0.4, -0.2) is 37.4 Å². The number of rotatable bonds is 11. The molecule has 2 aromatic rings. The molecule has 0 atom stereocenters. The molecular weight excluding hydrogens is 382 g/mol. The van der Waals surface area contributed by atoms with E-state index in [9.17, 15) is 14.4 Å². The van der Waals surface area contributed by atoms with Gasteiger partial charge in [-0.3, -0.25) is 14.4 Å². The van der Waals surface area contributed by atoms with E-state index in [1.807, 2.05) is 38.1 Å². The molecule has 3 amide bonds. The van der Waals surface area contributed by atoms with Crippen LogP contribution in [0.25, 0.3) is 0 Å². The Morgan fingerprint density at radius 2 is 1.50 bits per heavy atom. The van der Waals surface area contributed by atoms with E-state index in [-0.39, 0.29) is 24.1 Å². The summed E-state index contributed by atoms with van der Waals surface area (Å²) >= 11 is 0. The highest BCUT2D eigenvalue weighted by atomic mass is 16.5. The Labute approximate surface area is 177 Å². The number of carbonyl (C=O) groups excluding carboxylic acids is 3. The van der Waals surface area contributed by atoms with Gasteiger partial charge in [-0.1, -0.05) is 19.1 Å². The first-order chi connectivity index (χ1) is 14.5. The summed E-state index contributed by atoms with van der Waals surface area (Å²) < 4.78 is 5.38. The maximum absolute atomic E-state index is 12.2. The number of benzene rings is 2. The lowest BCUT2D eigenvalue weighted by atomic mass is 10.1. The van der Waals surface area contributed by atoms with Gasteiger partial charge in [-0.2, -0.15) is 0 Å². The highest BCUT2D eigenvalue weighted by Gasteiger charge is 2.07. The van der Waals surface area contributed by atoms with Gasteiger partial charge in [-0.15, -0.1) is 0 Å². The van der Waals surface area contributed by atoms with Gasteiger partial charge in [0.2, 0.25) is 11.8 Å². The van der Waals surface area contributed by atoms with Crippen molar-refractivity contribution in [1.82, 2.24) is 10.6 Å². The third kappa shape index (κ3) is 7.95. The molecule has 7 heteroatoms. The molecule has 7 nitrogen and oxygen atoms in total. The van der Waals surface area contributed by atoms with Gasteiger partial charge in [-0.25, -0.2) is 0 Å². The standard InChI is InChI=1S/C23H29N3O4/c1-3-5-21(27)26-19-10-8-18(9-11-19)23(29)25-15-14-24-22(28)16-17-6-12-20(13-7-17)30-4-2/h6-13H,3-5,14-16H2,1-2H3,(H,24,28)(H,25,29)(H,26,27). The van der Waals surface area contributed by atoms with E-state index in [1.165, 1.54) is 0 Å². The lowest BCUT2D eigenvalue weighted by molar-refractivity contribution is -0.120. The minimum atomic E-state index is -0.234. The quantitative estimate of drug-likeness (QED) is 0.495. The minimum Gasteiger partial charge on any atom is -0.494 e. The van der Waals surface area contributed by atoms with E-state index in [1.54, 1.807) is 24.3 Å². The SMILES string of the molecule is CCCC(=O)Nc1ccc(C(=O)NCCNC(=O)Cc2ccc(OCC)cc2)cc1. The third-order valence-electron chi connectivity index (χ3n) is 4.24. The Balaban J connectivity index is 1.68. The van der Waals surface area contributed by atoms with Gasteiger partial charge in [0.1, 0.15) is 5.75 Å². The number of hydrogen-bond donors (Lipinski definition) is 3. The Morgan fingerprint density at radius 3 is 2.13 bits per heavy atom. The summed E-state index contributed by atoms with van der Waals surface area (Å²) in [6.45, 7) is 5.12. The van der Waals surface area contributed by atoms with Gasteiger partial charge >= 0.3 is 0 Å². The molecule has 3 N–H and O–H groups in total. The zero-order chi connectivity index (χ0) is 21.8. The van der Waals surface area contributed by atoms with Crippen molar-refractivity contribution in [3.63, 3.8) is 0 Å². The van der Waals surface area contributed by atoms with Gasteiger partial charge in [-0.05, 0) is 55.3 Å². The molecule has 160 valence electrons. The maximum atomic E-state index is 12.2. The fraction of sp³-hybridized carbons (Fsp3) is 0.348. The minimum absolute atomic E-state index is 0.0457. The topological polar surface area (TPSA) is 96.5 Å². The van der Waals surface area contributed by atoms with Crippen molar-refractivity contribution in [3.05, 3.63) is 59.7 Å². The van der Waals surface area contributed by atoms with Gasteiger partial charge < -0.3 is 20.7 Å². The molecule has 30 heavy (non-hydrogen) atoms. The van der Waals surface area contributed by atoms with Gasteiger partial charge in [0, 0.05) is 30.8 Å². The highest BCUT2D eigenvalue weighted by molar-refractivity contribution is 5.95. The number of nitrogens with one attached hydrogen (secondary N) is 3. The highest BCUT2D eigenvalue weighted by Crippen LogP contribution is 2.12. The molecule has 0 heterocycles. The Bertz CT molecular complexity index is 833. The molecule has 0 saturated carbocycles. The van der Waals surface area contributed by atoms with Crippen LogP contribution >= 0.6 is 0 Å². The molecule has 0 aliphatic heterocycles. The van der Waals surface area contributed by atoms with Gasteiger partial charge in [0.25, 0.3) is 5.91 Å². The number of amides is 3. The smallest absolute Gasteiger partial charge is 0.251 e. The van der Waals surface area contributed by atoms with Crippen molar-refractivity contribution in [2.24, 2.45) is 0 Å². The van der Waals surface area contributed by atoms with Crippen LogP contribution in [0.2, 0.25) is 0 Å². The molecule has 0 aromatic heterocycles. The lowest BCUT2D eigenvalue weighted by Crippen LogP contribution is -2.35. The zero-order valence-electron chi connectivity index (χ0n) is 17.5.